The summed E-state index contributed by atoms with van der Waals surface area (Å²) in [6.45, 7) is 4.59. The number of nitrogens with one attached hydrogen (secondary N) is 1. The van der Waals surface area contributed by atoms with Gasteiger partial charge in [0.15, 0.2) is 0 Å². The third kappa shape index (κ3) is 4.83. The predicted molar refractivity (Wildman–Crippen MR) is 93.4 cm³/mol. The molecule has 23 heavy (non-hydrogen) atoms. The van der Waals surface area contributed by atoms with Gasteiger partial charge in [0, 0.05) is 11.7 Å². The highest BCUT2D eigenvalue weighted by molar-refractivity contribution is 5.92. The van der Waals surface area contributed by atoms with Crippen molar-refractivity contribution in [3.05, 3.63) is 60.2 Å². The fraction of sp³-hybridized carbons (Fsp3) is 0.316. The molecule has 2 unspecified atom stereocenters. The lowest BCUT2D eigenvalue weighted by molar-refractivity contribution is -0.120. The first-order chi connectivity index (χ1) is 11.1. The van der Waals surface area contributed by atoms with Crippen LogP contribution in [0.3, 0.4) is 0 Å². The van der Waals surface area contributed by atoms with E-state index in [2.05, 4.69) is 12.2 Å². The molecule has 2 rings (SSSR count). The molecule has 0 fully saturated rings. The number of carbonyl (C=O) groups excluding carboxylic acids is 1. The van der Waals surface area contributed by atoms with E-state index >= 15 is 0 Å². The van der Waals surface area contributed by atoms with Crippen LogP contribution < -0.4 is 15.8 Å². The molecule has 0 bridgehead atoms. The highest BCUT2D eigenvalue weighted by Gasteiger charge is 2.22. The zero-order valence-corrected chi connectivity index (χ0v) is 13.7. The lowest BCUT2D eigenvalue weighted by Crippen LogP contribution is -2.30. The van der Waals surface area contributed by atoms with Gasteiger partial charge in [-0.15, -0.1) is 0 Å². The first-order valence-corrected chi connectivity index (χ1v) is 7.96. The molecule has 1 amide bonds. The van der Waals surface area contributed by atoms with E-state index in [1.165, 1.54) is 0 Å². The zero-order valence-electron chi connectivity index (χ0n) is 13.7. The quantitative estimate of drug-likeness (QED) is 0.818. The number of hydrogen-bond donors (Lipinski definition) is 2. The van der Waals surface area contributed by atoms with Crippen molar-refractivity contribution >= 4 is 11.6 Å². The number of hydrogen-bond acceptors (Lipinski definition) is 3. The molecule has 0 heterocycles. The molecule has 0 radical (unpaired) electrons. The summed E-state index contributed by atoms with van der Waals surface area (Å²) in [7, 11) is 0. The van der Waals surface area contributed by atoms with Gasteiger partial charge in [-0.2, -0.15) is 0 Å². The van der Waals surface area contributed by atoms with Crippen LogP contribution in [0.15, 0.2) is 54.6 Å². The maximum Gasteiger partial charge on any atom is 0.229 e. The average molecular weight is 312 g/mol. The first kappa shape index (κ1) is 17.0. The lowest BCUT2D eigenvalue weighted by atomic mass is 9.94. The first-order valence-electron chi connectivity index (χ1n) is 7.96. The predicted octanol–water partition coefficient (Wildman–Crippen LogP) is 3.75. The van der Waals surface area contributed by atoms with Crippen LogP contribution >= 0.6 is 0 Å². The van der Waals surface area contributed by atoms with Gasteiger partial charge < -0.3 is 15.8 Å². The highest BCUT2D eigenvalue weighted by atomic mass is 16.5. The van der Waals surface area contributed by atoms with Gasteiger partial charge in [-0.3, -0.25) is 4.79 Å². The van der Waals surface area contributed by atoms with Gasteiger partial charge in [0.05, 0.1) is 12.5 Å². The summed E-state index contributed by atoms with van der Waals surface area (Å²) >= 11 is 0. The number of amides is 1. The summed E-state index contributed by atoms with van der Waals surface area (Å²) in [5.74, 6) is 0.385. The summed E-state index contributed by atoms with van der Waals surface area (Å²) in [6, 6.07) is 16.7. The number of rotatable bonds is 7. The van der Waals surface area contributed by atoms with Crippen LogP contribution in [-0.2, 0) is 4.79 Å². The summed E-state index contributed by atoms with van der Waals surface area (Å²) in [4.78, 5) is 12.4. The summed E-state index contributed by atoms with van der Waals surface area (Å²) in [6.07, 6.45) is 0.966. The van der Waals surface area contributed by atoms with Gasteiger partial charge in [0.25, 0.3) is 0 Å². The van der Waals surface area contributed by atoms with Crippen LogP contribution in [0, 0.1) is 5.92 Å². The Morgan fingerprint density at radius 3 is 2.39 bits per heavy atom. The minimum absolute atomic E-state index is 0.0939. The minimum atomic E-state index is -0.330. The molecule has 0 saturated heterocycles. The topological polar surface area (TPSA) is 64.3 Å². The van der Waals surface area contributed by atoms with E-state index in [0.29, 0.717) is 6.61 Å². The molecule has 0 aliphatic rings. The van der Waals surface area contributed by atoms with Crippen LogP contribution in [0.1, 0.15) is 31.9 Å². The number of nitrogens with two attached hydrogens (primary N) is 1. The number of anilines is 1. The summed E-state index contributed by atoms with van der Waals surface area (Å²) in [5, 5.41) is 2.90. The van der Waals surface area contributed by atoms with E-state index < -0.39 is 0 Å². The van der Waals surface area contributed by atoms with Crippen LogP contribution in [0.4, 0.5) is 5.69 Å². The fourth-order valence-corrected chi connectivity index (χ4v) is 2.24. The Bertz CT molecular complexity index is 611. The van der Waals surface area contributed by atoms with Crippen molar-refractivity contribution in [1.82, 2.24) is 0 Å². The van der Waals surface area contributed by atoms with E-state index in [0.717, 1.165) is 23.4 Å². The molecule has 0 saturated carbocycles. The van der Waals surface area contributed by atoms with Crippen molar-refractivity contribution in [3.63, 3.8) is 0 Å². The van der Waals surface area contributed by atoms with Crippen molar-refractivity contribution in [2.75, 3.05) is 11.9 Å². The summed E-state index contributed by atoms with van der Waals surface area (Å²) in [5.41, 5.74) is 7.89. The molecule has 3 N–H and O–H groups in total. The molecule has 4 nitrogen and oxygen atoms in total. The standard InChI is InChI=1S/C19H24N2O2/c1-3-13-23-17-11-9-16(10-12-17)21-19(22)14(2)18(20)15-7-5-4-6-8-15/h4-12,14,18H,3,13,20H2,1-2H3,(H,21,22). The second-order valence-electron chi connectivity index (χ2n) is 5.59. The van der Waals surface area contributed by atoms with Crippen molar-refractivity contribution < 1.29 is 9.53 Å². The van der Waals surface area contributed by atoms with Gasteiger partial charge in [0.2, 0.25) is 5.91 Å². The largest absolute Gasteiger partial charge is 0.494 e. The molecule has 0 aliphatic carbocycles. The second-order valence-corrected chi connectivity index (χ2v) is 5.59. The molecule has 2 atom stereocenters. The Balaban J connectivity index is 1.95. The second kappa shape index (κ2) is 8.34. The monoisotopic (exact) mass is 312 g/mol. The van der Waals surface area contributed by atoms with E-state index in [1.807, 2.05) is 61.5 Å². The average Bonchev–Trinajstić information content (AvgIpc) is 2.60. The molecule has 122 valence electrons. The van der Waals surface area contributed by atoms with E-state index in [4.69, 9.17) is 10.5 Å². The molecule has 0 spiro atoms. The highest BCUT2D eigenvalue weighted by Crippen LogP contribution is 2.22. The molecular formula is C19H24N2O2. The van der Waals surface area contributed by atoms with E-state index in [1.54, 1.807) is 0 Å². The smallest absolute Gasteiger partial charge is 0.229 e. The van der Waals surface area contributed by atoms with Gasteiger partial charge in [0.1, 0.15) is 5.75 Å². The number of benzene rings is 2. The third-order valence-electron chi connectivity index (χ3n) is 3.73. The van der Waals surface area contributed by atoms with Crippen LogP contribution in [0.5, 0.6) is 5.75 Å². The van der Waals surface area contributed by atoms with E-state index in [-0.39, 0.29) is 17.9 Å². The van der Waals surface area contributed by atoms with Crippen LogP contribution in [-0.4, -0.2) is 12.5 Å². The normalized spacial score (nSPS) is 13.2. The minimum Gasteiger partial charge on any atom is -0.494 e. The van der Waals surface area contributed by atoms with Gasteiger partial charge in [-0.25, -0.2) is 0 Å². The molecular weight excluding hydrogens is 288 g/mol. The van der Waals surface area contributed by atoms with Gasteiger partial charge in [-0.1, -0.05) is 44.2 Å². The Morgan fingerprint density at radius 1 is 1.13 bits per heavy atom. The van der Waals surface area contributed by atoms with E-state index in [9.17, 15) is 4.79 Å². The maximum absolute atomic E-state index is 12.4. The number of ether oxygens (including phenoxy) is 1. The molecule has 4 heteroatoms. The maximum atomic E-state index is 12.4. The number of carbonyl (C=O) groups is 1. The Kier molecular flexibility index (Phi) is 6.18. The Labute approximate surface area is 137 Å². The molecule has 0 aromatic heterocycles. The van der Waals surface area contributed by atoms with Crippen molar-refractivity contribution in [1.29, 1.82) is 0 Å². The van der Waals surface area contributed by atoms with Crippen molar-refractivity contribution in [2.24, 2.45) is 11.7 Å². The fourth-order valence-electron chi connectivity index (χ4n) is 2.24. The van der Waals surface area contributed by atoms with Crippen molar-refractivity contribution in [3.8, 4) is 5.75 Å². The van der Waals surface area contributed by atoms with Crippen molar-refractivity contribution in [2.45, 2.75) is 26.3 Å². The van der Waals surface area contributed by atoms with Gasteiger partial charge >= 0.3 is 0 Å². The van der Waals surface area contributed by atoms with Gasteiger partial charge in [-0.05, 0) is 36.2 Å². The third-order valence-corrected chi connectivity index (χ3v) is 3.73. The lowest BCUT2D eigenvalue weighted by Gasteiger charge is -2.20. The molecule has 0 aliphatic heterocycles. The Morgan fingerprint density at radius 2 is 1.78 bits per heavy atom. The zero-order chi connectivity index (χ0) is 16.7. The van der Waals surface area contributed by atoms with Crippen LogP contribution in [0.25, 0.3) is 0 Å². The molecule has 2 aromatic rings. The summed E-state index contributed by atoms with van der Waals surface area (Å²) < 4.78 is 5.53. The molecule has 2 aromatic carbocycles. The SMILES string of the molecule is CCCOc1ccc(NC(=O)C(C)C(N)c2ccccc2)cc1. The van der Waals surface area contributed by atoms with Crippen LogP contribution in [0.2, 0.25) is 0 Å². The Hall–Kier alpha value is -2.33.